The Morgan fingerprint density at radius 2 is 1.79 bits per heavy atom. The number of Topliss-reactive ketones (excluding diaryl/α,β-unsaturated/α-hetero) is 1. The van der Waals surface area contributed by atoms with Crippen molar-refractivity contribution < 1.29 is 9.72 Å². The molecule has 6 heteroatoms. The van der Waals surface area contributed by atoms with Crippen LogP contribution in [0.3, 0.4) is 0 Å². The molecule has 122 valence electrons. The Morgan fingerprint density at radius 3 is 2.42 bits per heavy atom. The van der Waals surface area contributed by atoms with Crippen LogP contribution in [-0.4, -0.2) is 10.7 Å². The minimum atomic E-state index is -0.416. The molecule has 0 unspecified atom stereocenters. The molecule has 0 amide bonds. The predicted octanol–water partition coefficient (Wildman–Crippen LogP) is 4.84. The molecule has 0 saturated carbocycles. The van der Waals surface area contributed by atoms with Crippen molar-refractivity contribution in [2.24, 2.45) is 0 Å². The van der Waals surface area contributed by atoms with Crippen LogP contribution in [0.4, 0.5) is 11.4 Å². The quantitative estimate of drug-likeness (QED) is 0.491. The number of anilines is 1. The summed E-state index contributed by atoms with van der Waals surface area (Å²) in [5.74, 6) is -0.0835. The van der Waals surface area contributed by atoms with Crippen molar-refractivity contribution in [3.63, 3.8) is 0 Å². The van der Waals surface area contributed by atoms with Gasteiger partial charge in [0.1, 0.15) is 0 Å². The highest BCUT2D eigenvalue weighted by molar-refractivity contribution is 8.04. The first kappa shape index (κ1) is 16.3. The van der Waals surface area contributed by atoms with Crippen LogP contribution < -0.4 is 5.32 Å². The lowest BCUT2D eigenvalue weighted by molar-refractivity contribution is -0.385. The first-order valence-electron chi connectivity index (χ1n) is 7.43. The SMILES string of the molecule is CC1=C(C(=O)c2ccc(C)cc2)Sc2cc([N+](=O)[O-])cc(C)c2N1. The van der Waals surface area contributed by atoms with Gasteiger partial charge in [-0.2, -0.15) is 0 Å². The minimum absolute atomic E-state index is 0.0298. The van der Waals surface area contributed by atoms with Gasteiger partial charge >= 0.3 is 0 Å². The van der Waals surface area contributed by atoms with E-state index in [1.807, 2.05) is 32.9 Å². The summed E-state index contributed by atoms with van der Waals surface area (Å²) in [6.07, 6.45) is 0. The molecular weight excluding hydrogens is 324 g/mol. The number of allylic oxidation sites excluding steroid dienone is 2. The van der Waals surface area contributed by atoms with Gasteiger partial charge in [-0.15, -0.1) is 0 Å². The molecule has 0 bridgehead atoms. The van der Waals surface area contributed by atoms with Gasteiger partial charge in [0.15, 0.2) is 0 Å². The van der Waals surface area contributed by atoms with Crippen LogP contribution in [0, 0.1) is 24.0 Å². The largest absolute Gasteiger partial charge is 0.357 e. The maximum absolute atomic E-state index is 12.8. The highest BCUT2D eigenvalue weighted by Gasteiger charge is 2.25. The van der Waals surface area contributed by atoms with Crippen molar-refractivity contribution in [3.05, 3.63) is 73.8 Å². The van der Waals surface area contributed by atoms with E-state index in [0.29, 0.717) is 15.4 Å². The second-order valence-corrected chi connectivity index (χ2v) is 6.82. The van der Waals surface area contributed by atoms with Gasteiger partial charge in [0, 0.05) is 28.3 Å². The molecule has 5 nitrogen and oxygen atoms in total. The van der Waals surface area contributed by atoms with Crippen molar-refractivity contribution in [3.8, 4) is 0 Å². The fourth-order valence-corrected chi connectivity index (χ4v) is 3.69. The molecule has 0 saturated heterocycles. The Hall–Kier alpha value is -2.60. The lowest BCUT2D eigenvalue weighted by Crippen LogP contribution is -2.13. The number of carbonyl (C=O) groups is 1. The average molecular weight is 340 g/mol. The average Bonchev–Trinajstić information content (AvgIpc) is 2.55. The number of nitrogens with one attached hydrogen (secondary N) is 1. The number of nitrogens with zero attached hydrogens (tertiary/aromatic N) is 1. The van der Waals surface area contributed by atoms with E-state index in [1.54, 1.807) is 12.1 Å². The van der Waals surface area contributed by atoms with E-state index < -0.39 is 4.92 Å². The van der Waals surface area contributed by atoms with Gasteiger partial charge in [-0.1, -0.05) is 41.6 Å². The first-order chi connectivity index (χ1) is 11.4. The third kappa shape index (κ3) is 2.92. The van der Waals surface area contributed by atoms with Crippen LogP contribution in [0.5, 0.6) is 0 Å². The normalized spacial score (nSPS) is 13.3. The monoisotopic (exact) mass is 340 g/mol. The molecule has 0 radical (unpaired) electrons. The molecule has 1 heterocycles. The molecule has 0 atom stereocenters. The summed E-state index contributed by atoms with van der Waals surface area (Å²) in [5.41, 5.74) is 4.09. The zero-order valence-corrected chi connectivity index (χ0v) is 14.4. The molecule has 1 N–H and O–H groups in total. The van der Waals surface area contributed by atoms with E-state index >= 15 is 0 Å². The van der Waals surface area contributed by atoms with E-state index in [9.17, 15) is 14.9 Å². The molecule has 2 aromatic rings. The Labute approximate surface area is 143 Å². The van der Waals surface area contributed by atoms with E-state index in [0.717, 1.165) is 22.5 Å². The topological polar surface area (TPSA) is 72.2 Å². The summed E-state index contributed by atoms with van der Waals surface area (Å²) >= 11 is 1.28. The van der Waals surface area contributed by atoms with E-state index in [-0.39, 0.29) is 11.5 Å². The van der Waals surface area contributed by atoms with Crippen molar-refractivity contribution in [1.29, 1.82) is 0 Å². The number of fused-ring (bicyclic) bond motifs is 1. The third-order valence-corrected chi connectivity index (χ3v) is 5.12. The van der Waals surface area contributed by atoms with Crippen LogP contribution in [0.15, 0.2) is 51.9 Å². The highest BCUT2D eigenvalue weighted by atomic mass is 32.2. The Bertz CT molecular complexity index is 886. The maximum atomic E-state index is 12.8. The first-order valence-corrected chi connectivity index (χ1v) is 8.24. The third-order valence-electron chi connectivity index (χ3n) is 3.88. The molecule has 0 aromatic heterocycles. The Morgan fingerprint density at radius 1 is 1.12 bits per heavy atom. The van der Waals surface area contributed by atoms with Crippen LogP contribution in [0.2, 0.25) is 0 Å². The molecule has 3 rings (SSSR count). The number of nitro benzene ring substituents is 1. The van der Waals surface area contributed by atoms with E-state index in [2.05, 4.69) is 5.32 Å². The Kier molecular flexibility index (Phi) is 4.15. The highest BCUT2D eigenvalue weighted by Crippen LogP contribution is 2.44. The second kappa shape index (κ2) is 6.13. The number of ketones is 1. The number of benzene rings is 2. The van der Waals surface area contributed by atoms with E-state index in [4.69, 9.17) is 0 Å². The molecule has 1 aliphatic rings. The van der Waals surface area contributed by atoms with Gasteiger partial charge in [0.2, 0.25) is 5.78 Å². The van der Waals surface area contributed by atoms with Gasteiger partial charge < -0.3 is 5.32 Å². The summed E-state index contributed by atoms with van der Waals surface area (Å²) in [4.78, 5) is 24.7. The summed E-state index contributed by atoms with van der Waals surface area (Å²) in [7, 11) is 0. The lowest BCUT2D eigenvalue weighted by Gasteiger charge is -2.23. The molecule has 2 aromatic carbocycles. The molecule has 1 aliphatic heterocycles. The zero-order chi connectivity index (χ0) is 17.4. The van der Waals surface area contributed by atoms with Gasteiger partial charge in [0.25, 0.3) is 5.69 Å². The van der Waals surface area contributed by atoms with Crippen LogP contribution in [-0.2, 0) is 0 Å². The van der Waals surface area contributed by atoms with Crippen molar-refractivity contribution in [1.82, 2.24) is 0 Å². The fourth-order valence-electron chi connectivity index (χ4n) is 2.57. The fraction of sp³-hybridized carbons (Fsp3) is 0.167. The number of non-ortho nitro benzene ring substituents is 1. The van der Waals surface area contributed by atoms with Gasteiger partial charge in [-0.05, 0) is 26.3 Å². The number of aryl methyl sites for hydroxylation is 2. The molecule has 0 spiro atoms. The smallest absolute Gasteiger partial charge is 0.270 e. The molecule has 24 heavy (non-hydrogen) atoms. The number of thioether (sulfide) groups is 1. The Balaban J connectivity index is 1.99. The van der Waals surface area contributed by atoms with Crippen molar-refractivity contribution in [2.45, 2.75) is 25.7 Å². The zero-order valence-electron chi connectivity index (χ0n) is 13.5. The summed E-state index contributed by atoms with van der Waals surface area (Å²) < 4.78 is 0. The summed E-state index contributed by atoms with van der Waals surface area (Å²) in [5, 5.41) is 14.3. The van der Waals surface area contributed by atoms with E-state index in [1.165, 1.54) is 23.9 Å². The van der Waals surface area contributed by atoms with Crippen LogP contribution in [0.25, 0.3) is 0 Å². The molecule has 0 aliphatic carbocycles. The summed E-state index contributed by atoms with van der Waals surface area (Å²) in [6, 6.07) is 10.4. The molecule has 0 fully saturated rings. The van der Waals surface area contributed by atoms with Gasteiger partial charge in [-0.3, -0.25) is 14.9 Å². The second-order valence-electron chi connectivity index (χ2n) is 5.77. The number of carbonyl (C=O) groups excluding carboxylic acids is 1. The van der Waals surface area contributed by atoms with Crippen LogP contribution >= 0.6 is 11.8 Å². The number of nitro groups is 1. The number of hydrogen-bond donors (Lipinski definition) is 1. The maximum Gasteiger partial charge on any atom is 0.270 e. The number of rotatable bonds is 3. The predicted molar refractivity (Wildman–Crippen MR) is 95.5 cm³/mol. The van der Waals surface area contributed by atoms with Crippen molar-refractivity contribution in [2.75, 3.05) is 5.32 Å². The minimum Gasteiger partial charge on any atom is -0.357 e. The molecular formula is C18H16N2O3S. The van der Waals surface area contributed by atoms with Gasteiger partial charge in [0.05, 0.1) is 15.5 Å². The van der Waals surface area contributed by atoms with Gasteiger partial charge in [-0.25, -0.2) is 0 Å². The van der Waals surface area contributed by atoms with Crippen molar-refractivity contribution >= 4 is 28.9 Å². The summed E-state index contributed by atoms with van der Waals surface area (Å²) in [6.45, 7) is 5.63. The standard InChI is InChI=1S/C18H16N2O3S/c1-10-4-6-13(7-5-10)17(21)18-12(3)19-16-11(2)8-14(20(22)23)9-15(16)24-18/h4-9,19H,1-3H3. The van der Waals surface area contributed by atoms with Crippen LogP contribution in [0.1, 0.15) is 28.4 Å². The number of hydrogen-bond acceptors (Lipinski definition) is 5. The lowest BCUT2D eigenvalue weighted by atomic mass is 10.1.